The number of carbonyl (C=O) groups is 1. The fraction of sp³-hybridized carbons (Fsp3) is 0.368. The highest BCUT2D eigenvalue weighted by Crippen LogP contribution is 2.16. The summed E-state index contributed by atoms with van der Waals surface area (Å²) in [5.74, 6) is 0.618. The van der Waals surface area contributed by atoms with Gasteiger partial charge in [0.05, 0.1) is 7.11 Å². The van der Waals surface area contributed by atoms with Crippen molar-refractivity contribution in [2.75, 3.05) is 12.4 Å². The molecule has 0 spiro atoms. The van der Waals surface area contributed by atoms with E-state index in [-0.39, 0.29) is 11.9 Å². The molecule has 1 heterocycles. The first kappa shape index (κ1) is 17.9. The molecule has 0 saturated heterocycles. The largest absolute Gasteiger partial charge is 0.481 e. The summed E-state index contributed by atoms with van der Waals surface area (Å²) in [7, 11) is 1.61. The molecule has 1 atom stereocenters. The van der Waals surface area contributed by atoms with E-state index < -0.39 is 0 Å². The first-order valence-corrected chi connectivity index (χ1v) is 8.23. The minimum absolute atomic E-state index is 0.00838. The maximum atomic E-state index is 12.2. The maximum absolute atomic E-state index is 12.2. The van der Waals surface area contributed by atoms with Gasteiger partial charge in [-0.15, -0.1) is 0 Å². The Morgan fingerprint density at radius 1 is 1.21 bits per heavy atom. The second kappa shape index (κ2) is 9.03. The molecular formula is C19H25N3O2. The lowest BCUT2D eigenvalue weighted by molar-refractivity contribution is -0.116. The fourth-order valence-electron chi connectivity index (χ4n) is 2.53. The van der Waals surface area contributed by atoms with E-state index in [4.69, 9.17) is 4.74 Å². The van der Waals surface area contributed by atoms with Crippen molar-refractivity contribution in [3.05, 3.63) is 53.7 Å². The number of hydrogen-bond donors (Lipinski definition) is 2. The van der Waals surface area contributed by atoms with Crippen molar-refractivity contribution in [3.63, 3.8) is 0 Å². The number of amides is 1. The van der Waals surface area contributed by atoms with Crippen molar-refractivity contribution < 1.29 is 9.53 Å². The Labute approximate surface area is 143 Å². The molecule has 5 heteroatoms. The molecule has 0 aliphatic carbocycles. The summed E-state index contributed by atoms with van der Waals surface area (Å²) in [5.41, 5.74) is 3.02. The molecule has 2 rings (SSSR count). The number of benzene rings is 1. The maximum Gasteiger partial charge on any atom is 0.225 e. The summed E-state index contributed by atoms with van der Waals surface area (Å²) < 4.78 is 5.23. The lowest BCUT2D eigenvalue weighted by Crippen LogP contribution is -2.30. The van der Waals surface area contributed by atoms with Gasteiger partial charge < -0.3 is 15.4 Å². The van der Waals surface area contributed by atoms with Crippen molar-refractivity contribution in [3.8, 4) is 5.88 Å². The van der Waals surface area contributed by atoms with Crippen LogP contribution in [0.25, 0.3) is 0 Å². The molecule has 0 saturated carbocycles. The summed E-state index contributed by atoms with van der Waals surface area (Å²) in [6, 6.07) is 11.8. The standard InChI is InChI=1S/C19H25N3O2/c1-4-15-8-5-6-10-17(15)22-18(23)12-14(2)21-13-16-9-7-11-20-19(16)24-3/h5-11,14,21H,4,12-13H2,1-3H3,(H,22,23). The Morgan fingerprint density at radius 3 is 2.71 bits per heavy atom. The number of ether oxygens (including phenoxy) is 1. The highest BCUT2D eigenvalue weighted by Gasteiger charge is 2.11. The third-order valence-electron chi connectivity index (χ3n) is 3.85. The molecule has 24 heavy (non-hydrogen) atoms. The molecule has 5 nitrogen and oxygen atoms in total. The summed E-state index contributed by atoms with van der Waals surface area (Å²) in [4.78, 5) is 16.4. The van der Waals surface area contributed by atoms with Crippen LogP contribution in [0.2, 0.25) is 0 Å². The number of methoxy groups -OCH3 is 1. The number of aryl methyl sites for hydroxylation is 1. The fourth-order valence-corrected chi connectivity index (χ4v) is 2.53. The van der Waals surface area contributed by atoms with Crippen LogP contribution in [0.5, 0.6) is 5.88 Å². The van der Waals surface area contributed by atoms with E-state index in [9.17, 15) is 4.79 Å². The van der Waals surface area contributed by atoms with Crippen molar-refractivity contribution in [2.45, 2.75) is 39.3 Å². The van der Waals surface area contributed by atoms with Gasteiger partial charge in [0.1, 0.15) is 0 Å². The number of anilines is 1. The van der Waals surface area contributed by atoms with E-state index in [2.05, 4.69) is 22.5 Å². The zero-order valence-electron chi connectivity index (χ0n) is 14.5. The molecule has 128 valence electrons. The topological polar surface area (TPSA) is 63.2 Å². The first-order chi connectivity index (χ1) is 11.6. The normalized spacial score (nSPS) is 11.8. The molecule has 0 aliphatic heterocycles. The predicted octanol–water partition coefficient (Wildman–Crippen LogP) is 3.16. The zero-order valence-corrected chi connectivity index (χ0v) is 14.5. The third-order valence-corrected chi connectivity index (χ3v) is 3.85. The number of para-hydroxylation sites is 1. The Kier molecular flexibility index (Phi) is 6.75. The monoisotopic (exact) mass is 327 g/mol. The molecule has 0 bridgehead atoms. The minimum Gasteiger partial charge on any atom is -0.481 e. The van der Waals surface area contributed by atoms with Crippen molar-refractivity contribution >= 4 is 11.6 Å². The van der Waals surface area contributed by atoms with E-state index >= 15 is 0 Å². The van der Waals surface area contributed by atoms with E-state index in [0.29, 0.717) is 18.8 Å². The van der Waals surface area contributed by atoms with Crippen LogP contribution in [0, 0.1) is 0 Å². The summed E-state index contributed by atoms with van der Waals surface area (Å²) in [6.07, 6.45) is 3.00. The van der Waals surface area contributed by atoms with Crippen LogP contribution in [0.4, 0.5) is 5.69 Å². The Morgan fingerprint density at radius 2 is 1.96 bits per heavy atom. The molecule has 0 fully saturated rings. The SMILES string of the molecule is CCc1ccccc1NC(=O)CC(C)NCc1cccnc1OC. The Bertz CT molecular complexity index is 673. The number of rotatable bonds is 8. The van der Waals surface area contributed by atoms with Gasteiger partial charge in [0, 0.05) is 36.5 Å². The molecule has 1 aromatic heterocycles. The Balaban J connectivity index is 1.85. The van der Waals surface area contributed by atoms with Gasteiger partial charge in [0.15, 0.2) is 0 Å². The van der Waals surface area contributed by atoms with E-state index in [1.54, 1.807) is 13.3 Å². The molecule has 1 amide bonds. The van der Waals surface area contributed by atoms with Crippen molar-refractivity contribution in [1.29, 1.82) is 0 Å². The lowest BCUT2D eigenvalue weighted by atomic mass is 10.1. The number of pyridine rings is 1. The minimum atomic E-state index is 0.00838. The summed E-state index contributed by atoms with van der Waals surface area (Å²) in [6.45, 7) is 4.68. The molecule has 2 aromatic rings. The Hall–Kier alpha value is -2.40. The van der Waals surface area contributed by atoms with E-state index in [0.717, 1.165) is 23.2 Å². The molecule has 0 aliphatic rings. The van der Waals surface area contributed by atoms with Gasteiger partial charge in [-0.2, -0.15) is 0 Å². The van der Waals surface area contributed by atoms with Crippen LogP contribution in [-0.2, 0) is 17.8 Å². The van der Waals surface area contributed by atoms with Gasteiger partial charge in [0.2, 0.25) is 11.8 Å². The number of aromatic nitrogens is 1. The molecule has 0 radical (unpaired) electrons. The number of nitrogens with zero attached hydrogens (tertiary/aromatic N) is 1. The van der Waals surface area contributed by atoms with E-state index in [1.165, 1.54) is 0 Å². The van der Waals surface area contributed by atoms with Crippen LogP contribution >= 0.6 is 0 Å². The average Bonchev–Trinajstić information content (AvgIpc) is 2.60. The van der Waals surface area contributed by atoms with Crippen LogP contribution in [0.15, 0.2) is 42.6 Å². The first-order valence-electron chi connectivity index (χ1n) is 8.23. The molecular weight excluding hydrogens is 302 g/mol. The number of hydrogen-bond acceptors (Lipinski definition) is 4. The van der Waals surface area contributed by atoms with Gasteiger partial charge in [-0.1, -0.05) is 31.2 Å². The summed E-state index contributed by atoms with van der Waals surface area (Å²) in [5, 5.41) is 6.34. The highest BCUT2D eigenvalue weighted by molar-refractivity contribution is 5.91. The van der Waals surface area contributed by atoms with Gasteiger partial charge >= 0.3 is 0 Å². The molecule has 1 aromatic carbocycles. The van der Waals surface area contributed by atoms with Crippen LogP contribution in [0.1, 0.15) is 31.4 Å². The van der Waals surface area contributed by atoms with Crippen LogP contribution in [-0.4, -0.2) is 24.0 Å². The zero-order chi connectivity index (χ0) is 17.4. The van der Waals surface area contributed by atoms with Gasteiger partial charge in [-0.05, 0) is 31.0 Å². The smallest absolute Gasteiger partial charge is 0.225 e. The lowest BCUT2D eigenvalue weighted by Gasteiger charge is -2.15. The van der Waals surface area contributed by atoms with Crippen molar-refractivity contribution in [2.24, 2.45) is 0 Å². The van der Waals surface area contributed by atoms with Crippen LogP contribution in [0.3, 0.4) is 0 Å². The second-order valence-corrected chi connectivity index (χ2v) is 5.72. The van der Waals surface area contributed by atoms with Crippen LogP contribution < -0.4 is 15.4 Å². The van der Waals surface area contributed by atoms with Gasteiger partial charge in [-0.3, -0.25) is 4.79 Å². The highest BCUT2D eigenvalue weighted by atomic mass is 16.5. The van der Waals surface area contributed by atoms with E-state index in [1.807, 2.05) is 43.3 Å². The second-order valence-electron chi connectivity index (χ2n) is 5.72. The average molecular weight is 327 g/mol. The van der Waals surface area contributed by atoms with Gasteiger partial charge in [0.25, 0.3) is 0 Å². The molecule has 2 N–H and O–H groups in total. The van der Waals surface area contributed by atoms with Crippen molar-refractivity contribution in [1.82, 2.24) is 10.3 Å². The third kappa shape index (κ3) is 5.06. The summed E-state index contributed by atoms with van der Waals surface area (Å²) >= 11 is 0. The predicted molar refractivity (Wildman–Crippen MR) is 96.2 cm³/mol. The molecule has 1 unspecified atom stereocenters. The quantitative estimate of drug-likeness (QED) is 0.782. The number of carbonyl (C=O) groups excluding carboxylic acids is 1. The van der Waals surface area contributed by atoms with Gasteiger partial charge in [-0.25, -0.2) is 4.98 Å². The number of nitrogens with one attached hydrogen (secondary N) is 2.